The van der Waals surface area contributed by atoms with Crippen LogP contribution in [0.25, 0.3) is 10.8 Å². The zero-order chi connectivity index (χ0) is 11.7. The fourth-order valence-corrected chi connectivity index (χ4v) is 3.76. The Bertz CT molecular complexity index is 494. The van der Waals surface area contributed by atoms with Gasteiger partial charge >= 0.3 is 0 Å². The van der Waals surface area contributed by atoms with Crippen molar-refractivity contribution in [3.8, 4) is 0 Å². The highest BCUT2D eigenvalue weighted by atomic mass is 32.1. The Kier molecular flexibility index (Phi) is 3.17. The SMILES string of the molecule is CCN1CCC(c2cccc3cscc23)CC1. The molecule has 0 amide bonds. The Morgan fingerprint density at radius 1 is 1.24 bits per heavy atom. The van der Waals surface area contributed by atoms with Gasteiger partial charge in [0.2, 0.25) is 0 Å². The first-order valence-electron chi connectivity index (χ1n) is 6.55. The van der Waals surface area contributed by atoms with E-state index >= 15 is 0 Å². The maximum atomic E-state index is 2.56. The summed E-state index contributed by atoms with van der Waals surface area (Å²) in [6.07, 6.45) is 2.64. The van der Waals surface area contributed by atoms with Crippen molar-refractivity contribution >= 4 is 22.1 Å². The summed E-state index contributed by atoms with van der Waals surface area (Å²) >= 11 is 1.83. The van der Waals surface area contributed by atoms with Crippen LogP contribution in [0.4, 0.5) is 0 Å². The van der Waals surface area contributed by atoms with Gasteiger partial charge < -0.3 is 4.90 Å². The van der Waals surface area contributed by atoms with E-state index in [0.29, 0.717) is 0 Å². The summed E-state index contributed by atoms with van der Waals surface area (Å²) in [5.41, 5.74) is 1.58. The van der Waals surface area contributed by atoms with Gasteiger partial charge in [-0.15, -0.1) is 0 Å². The number of piperidine rings is 1. The van der Waals surface area contributed by atoms with Crippen molar-refractivity contribution < 1.29 is 0 Å². The van der Waals surface area contributed by atoms with Gasteiger partial charge in [0.25, 0.3) is 0 Å². The standard InChI is InChI=1S/C15H19NS/c1-2-16-8-6-12(7-9-16)14-5-3-4-13-10-17-11-15(13)14/h3-5,10-12H,2,6-9H2,1H3. The largest absolute Gasteiger partial charge is 0.304 e. The molecule has 0 aliphatic carbocycles. The summed E-state index contributed by atoms with van der Waals surface area (Å²) in [7, 11) is 0. The molecule has 0 bridgehead atoms. The van der Waals surface area contributed by atoms with Crippen LogP contribution in [0.2, 0.25) is 0 Å². The van der Waals surface area contributed by atoms with Crippen LogP contribution >= 0.6 is 11.3 Å². The second-order valence-electron chi connectivity index (χ2n) is 4.93. The predicted octanol–water partition coefficient (Wildman–Crippen LogP) is 4.10. The van der Waals surface area contributed by atoms with E-state index in [2.05, 4.69) is 40.8 Å². The maximum absolute atomic E-state index is 2.56. The summed E-state index contributed by atoms with van der Waals surface area (Å²) in [4.78, 5) is 2.56. The molecular formula is C15H19NS. The Morgan fingerprint density at radius 3 is 2.82 bits per heavy atom. The average Bonchev–Trinajstić information content (AvgIpc) is 2.87. The van der Waals surface area contributed by atoms with E-state index in [4.69, 9.17) is 0 Å². The van der Waals surface area contributed by atoms with Crippen LogP contribution in [0.5, 0.6) is 0 Å². The van der Waals surface area contributed by atoms with Crippen LogP contribution in [-0.2, 0) is 0 Å². The molecule has 1 aliphatic heterocycles. The van der Waals surface area contributed by atoms with Crippen molar-refractivity contribution in [2.75, 3.05) is 19.6 Å². The van der Waals surface area contributed by atoms with Crippen molar-refractivity contribution in [2.45, 2.75) is 25.7 Å². The summed E-state index contributed by atoms with van der Waals surface area (Å²) in [5.74, 6) is 0.774. The number of benzene rings is 1. The molecule has 0 atom stereocenters. The number of rotatable bonds is 2. The van der Waals surface area contributed by atoms with Crippen LogP contribution in [0, 0.1) is 0 Å². The van der Waals surface area contributed by atoms with E-state index < -0.39 is 0 Å². The summed E-state index contributed by atoms with van der Waals surface area (Å²) < 4.78 is 0. The Labute approximate surface area is 107 Å². The molecule has 3 rings (SSSR count). The smallest absolute Gasteiger partial charge is 0.00116 e. The quantitative estimate of drug-likeness (QED) is 0.770. The fraction of sp³-hybridized carbons (Fsp3) is 0.467. The molecule has 1 aromatic carbocycles. The molecule has 2 heterocycles. The highest BCUT2D eigenvalue weighted by Crippen LogP contribution is 2.34. The molecular weight excluding hydrogens is 226 g/mol. The van der Waals surface area contributed by atoms with E-state index in [1.807, 2.05) is 11.3 Å². The molecule has 17 heavy (non-hydrogen) atoms. The van der Waals surface area contributed by atoms with Crippen molar-refractivity contribution in [3.63, 3.8) is 0 Å². The van der Waals surface area contributed by atoms with Crippen LogP contribution < -0.4 is 0 Å². The van der Waals surface area contributed by atoms with E-state index in [1.165, 1.54) is 43.2 Å². The Morgan fingerprint density at radius 2 is 2.06 bits per heavy atom. The first-order valence-corrected chi connectivity index (χ1v) is 7.50. The Hall–Kier alpha value is -0.860. The number of nitrogens with zero attached hydrogens (tertiary/aromatic N) is 1. The lowest BCUT2D eigenvalue weighted by Gasteiger charge is -2.31. The number of hydrogen-bond acceptors (Lipinski definition) is 2. The zero-order valence-corrected chi connectivity index (χ0v) is 11.2. The molecule has 1 saturated heterocycles. The third kappa shape index (κ3) is 2.12. The van der Waals surface area contributed by atoms with E-state index in [1.54, 1.807) is 5.56 Å². The molecule has 0 radical (unpaired) electrons. The molecule has 2 aromatic rings. The second-order valence-corrected chi connectivity index (χ2v) is 5.67. The topological polar surface area (TPSA) is 3.24 Å². The number of likely N-dealkylation sites (tertiary alicyclic amines) is 1. The summed E-state index contributed by atoms with van der Waals surface area (Å²) in [6, 6.07) is 6.79. The van der Waals surface area contributed by atoms with Crippen LogP contribution in [0.3, 0.4) is 0 Å². The van der Waals surface area contributed by atoms with Gasteiger partial charge in [0.15, 0.2) is 0 Å². The van der Waals surface area contributed by atoms with Crippen LogP contribution in [0.1, 0.15) is 31.2 Å². The number of hydrogen-bond donors (Lipinski definition) is 0. The molecule has 0 N–H and O–H groups in total. The van der Waals surface area contributed by atoms with E-state index in [-0.39, 0.29) is 0 Å². The normalized spacial score (nSPS) is 18.9. The zero-order valence-electron chi connectivity index (χ0n) is 10.4. The fourth-order valence-electron chi connectivity index (χ4n) is 2.93. The lowest BCUT2D eigenvalue weighted by molar-refractivity contribution is 0.223. The van der Waals surface area contributed by atoms with E-state index in [0.717, 1.165) is 5.92 Å². The summed E-state index contributed by atoms with van der Waals surface area (Å²) in [5, 5.41) is 7.49. The van der Waals surface area contributed by atoms with Gasteiger partial charge in [-0.3, -0.25) is 0 Å². The van der Waals surface area contributed by atoms with Gasteiger partial charge in [0.1, 0.15) is 0 Å². The molecule has 1 nitrogen and oxygen atoms in total. The molecule has 0 spiro atoms. The first kappa shape index (κ1) is 11.2. The molecule has 2 heteroatoms. The van der Waals surface area contributed by atoms with Gasteiger partial charge in [0.05, 0.1) is 0 Å². The van der Waals surface area contributed by atoms with Crippen LogP contribution in [-0.4, -0.2) is 24.5 Å². The monoisotopic (exact) mass is 245 g/mol. The molecule has 1 aliphatic rings. The lowest BCUT2D eigenvalue weighted by atomic mass is 9.87. The highest BCUT2D eigenvalue weighted by molar-refractivity contribution is 7.09. The van der Waals surface area contributed by atoms with Gasteiger partial charge in [-0.25, -0.2) is 0 Å². The lowest BCUT2D eigenvalue weighted by Crippen LogP contribution is -2.32. The average molecular weight is 245 g/mol. The predicted molar refractivity (Wildman–Crippen MR) is 75.9 cm³/mol. The molecule has 1 fully saturated rings. The van der Waals surface area contributed by atoms with Gasteiger partial charge in [-0.1, -0.05) is 25.1 Å². The minimum absolute atomic E-state index is 0.774. The van der Waals surface area contributed by atoms with Gasteiger partial charge in [-0.05, 0) is 65.5 Å². The molecule has 1 aromatic heterocycles. The maximum Gasteiger partial charge on any atom is -0.00116 e. The number of thiophene rings is 1. The first-order chi connectivity index (χ1) is 8.38. The minimum atomic E-state index is 0.774. The van der Waals surface area contributed by atoms with E-state index in [9.17, 15) is 0 Å². The summed E-state index contributed by atoms with van der Waals surface area (Å²) in [6.45, 7) is 6.00. The second kappa shape index (κ2) is 4.79. The minimum Gasteiger partial charge on any atom is -0.304 e. The van der Waals surface area contributed by atoms with Gasteiger partial charge in [-0.2, -0.15) is 11.3 Å². The van der Waals surface area contributed by atoms with Gasteiger partial charge in [0, 0.05) is 0 Å². The van der Waals surface area contributed by atoms with Crippen molar-refractivity contribution in [3.05, 3.63) is 34.5 Å². The highest BCUT2D eigenvalue weighted by Gasteiger charge is 2.20. The third-order valence-corrected chi connectivity index (χ3v) is 4.79. The number of fused-ring (bicyclic) bond motifs is 1. The van der Waals surface area contributed by atoms with Crippen molar-refractivity contribution in [1.82, 2.24) is 4.90 Å². The molecule has 0 unspecified atom stereocenters. The van der Waals surface area contributed by atoms with Crippen LogP contribution in [0.15, 0.2) is 29.0 Å². The molecule has 90 valence electrons. The molecule has 0 saturated carbocycles. The third-order valence-electron chi connectivity index (χ3n) is 4.03. The Balaban J connectivity index is 1.87. The van der Waals surface area contributed by atoms with Crippen molar-refractivity contribution in [2.24, 2.45) is 0 Å². The van der Waals surface area contributed by atoms with Crippen molar-refractivity contribution in [1.29, 1.82) is 0 Å².